The van der Waals surface area contributed by atoms with E-state index in [1.807, 2.05) is 25.1 Å². The van der Waals surface area contributed by atoms with Crippen LogP contribution in [0.3, 0.4) is 0 Å². The highest BCUT2D eigenvalue weighted by molar-refractivity contribution is 5.99. The second-order valence-electron chi connectivity index (χ2n) is 8.01. The van der Waals surface area contributed by atoms with Crippen LogP contribution in [0.25, 0.3) is 6.08 Å². The predicted molar refractivity (Wildman–Crippen MR) is 122 cm³/mol. The van der Waals surface area contributed by atoms with Gasteiger partial charge in [-0.3, -0.25) is 9.59 Å². The van der Waals surface area contributed by atoms with E-state index in [-0.39, 0.29) is 11.8 Å². The molecule has 1 aliphatic rings. The van der Waals surface area contributed by atoms with Gasteiger partial charge in [0, 0.05) is 31.4 Å². The fourth-order valence-electron chi connectivity index (χ4n) is 3.14. The van der Waals surface area contributed by atoms with Crippen molar-refractivity contribution in [2.24, 2.45) is 0 Å². The first-order valence-electron chi connectivity index (χ1n) is 10.5. The Hall–Kier alpha value is -3.55. The highest BCUT2D eigenvalue weighted by Crippen LogP contribution is 2.33. The molecule has 8 nitrogen and oxygen atoms in total. The van der Waals surface area contributed by atoms with E-state index in [0.717, 1.165) is 12.0 Å². The molecule has 2 heterocycles. The van der Waals surface area contributed by atoms with Crippen LogP contribution in [0.1, 0.15) is 38.3 Å². The summed E-state index contributed by atoms with van der Waals surface area (Å²) in [5.41, 5.74) is 0.566. The van der Waals surface area contributed by atoms with E-state index in [1.54, 1.807) is 51.2 Å². The summed E-state index contributed by atoms with van der Waals surface area (Å²) >= 11 is 0. The largest absolute Gasteiger partial charge is 0.493 e. The molecule has 0 radical (unpaired) electrons. The van der Waals surface area contributed by atoms with Crippen LogP contribution in [0.4, 0.5) is 5.82 Å². The molecular formula is C24H29N3O5. The number of hydrogen-bond donors (Lipinski definition) is 1. The fourth-order valence-corrected chi connectivity index (χ4v) is 3.14. The normalized spacial score (nSPS) is 14.3. The Morgan fingerprint density at radius 3 is 2.84 bits per heavy atom. The van der Waals surface area contributed by atoms with Crippen molar-refractivity contribution in [1.82, 2.24) is 9.88 Å². The van der Waals surface area contributed by atoms with E-state index < -0.39 is 5.60 Å². The summed E-state index contributed by atoms with van der Waals surface area (Å²) in [5, 5.41) is 2.72. The number of amides is 2. The molecule has 2 aromatic rings. The van der Waals surface area contributed by atoms with Crippen molar-refractivity contribution in [3.8, 4) is 17.2 Å². The molecule has 8 heteroatoms. The number of likely N-dealkylation sites (N-methyl/N-ethyl adjacent to an activating group) is 1. The van der Waals surface area contributed by atoms with Gasteiger partial charge in [0.15, 0.2) is 28.7 Å². The number of benzene rings is 1. The van der Waals surface area contributed by atoms with Gasteiger partial charge in [-0.25, -0.2) is 4.98 Å². The molecule has 1 N–H and O–H groups in total. The first kappa shape index (κ1) is 23.1. The van der Waals surface area contributed by atoms with Crippen molar-refractivity contribution in [1.29, 1.82) is 0 Å². The highest BCUT2D eigenvalue weighted by atomic mass is 16.5. The molecule has 1 aromatic carbocycles. The summed E-state index contributed by atoms with van der Waals surface area (Å²) in [4.78, 5) is 30.5. The standard InChI is InChI=1S/C24H29N3O5/c1-6-12-31-21-17(8-7-9-18(21)30-5)15-27(4)20(28)11-10-16-13-19-22(25-14-16)26-23(29)24(2,3)32-19/h7-11,13-14H,6,12,15H2,1-5H3,(H,25,26,29)/b11-10+. The van der Waals surface area contributed by atoms with Gasteiger partial charge in [-0.2, -0.15) is 0 Å². The molecule has 0 saturated carbocycles. The van der Waals surface area contributed by atoms with Crippen LogP contribution < -0.4 is 19.5 Å². The molecule has 3 rings (SSSR count). The zero-order chi connectivity index (χ0) is 23.3. The molecule has 0 atom stereocenters. The molecule has 0 saturated heterocycles. The van der Waals surface area contributed by atoms with Gasteiger partial charge in [0.1, 0.15) is 0 Å². The number of methoxy groups -OCH3 is 1. The van der Waals surface area contributed by atoms with Gasteiger partial charge in [0.2, 0.25) is 5.91 Å². The zero-order valence-corrected chi connectivity index (χ0v) is 19.1. The first-order chi connectivity index (χ1) is 15.2. The second kappa shape index (κ2) is 9.72. The van der Waals surface area contributed by atoms with E-state index in [1.165, 1.54) is 6.08 Å². The minimum Gasteiger partial charge on any atom is -0.493 e. The number of hydrogen-bond acceptors (Lipinski definition) is 6. The van der Waals surface area contributed by atoms with E-state index >= 15 is 0 Å². The maximum atomic E-state index is 12.7. The monoisotopic (exact) mass is 439 g/mol. The number of aromatic nitrogens is 1. The van der Waals surface area contributed by atoms with Gasteiger partial charge >= 0.3 is 0 Å². The van der Waals surface area contributed by atoms with E-state index in [9.17, 15) is 9.59 Å². The minimum atomic E-state index is -0.985. The van der Waals surface area contributed by atoms with Crippen molar-refractivity contribution in [3.05, 3.63) is 47.7 Å². The number of anilines is 1. The van der Waals surface area contributed by atoms with Crippen molar-refractivity contribution >= 4 is 23.7 Å². The Labute approximate surface area is 188 Å². The van der Waals surface area contributed by atoms with Crippen molar-refractivity contribution in [2.45, 2.75) is 39.3 Å². The lowest BCUT2D eigenvalue weighted by Crippen LogP contribution is -2.46. The number of rotatable bonds is 8. The SMILES string of the molecule is CCCOc1c(CN(C)C(=O)/C=C/c2cnc3c(c2)OC(C)(C)C(=O)N3)cccc1OC. The number of ether oxygens (including phenoxy) is 3. The van der Waals surface area contributed by atoms with Crippen LogP contribution in [0.5, 0.6) is 17.2 Å². The third-order valence-corrected chi connectivity index (χ3v) is 4.95. The number of fused-ring (bicyclic) bond motifs is 1. The third kappa shape index (κ3) is 5.19. The molecule has 0 unspecified atom stereocenters. The van der Waals surface area contributed by atoms with Gasteiger partial charge in [0.05, 0.1) is 13.7 Å². The highest BCUT2D eigenvalue weighted by Gasteiger charge is 2.36. The second-order valence-corrected chi connectivity index (χ2v) is 8.01. The molecular weight excluding hydrogens is 410 g/mol. The van der Waals surface area contributed by atoms with Crippen LogP contribution in [-0.2, 0) is 16.1 Å². The summed E-state index contributed by atoms with van der Waals surface area (Å²) in [6, 6.07) is 7.37. The van der Waals surface area contributed by atoms with Gasteiger partial charge in [-0.05, 0) is 44.0 Å². The summed E-state index contributed by atoms with van der Waals surface area (Å²) in [7, 11) is 3.32. The van der Waals surface area contributed by atoms with Crippen LogP contribution in [0.2, 0.25) is 0 Å². The number of pyridine rings is 1. The molecule has 0 aliphatic carbocycles. The van der Waals surface area contributed by atoms with Gasteiger partial charge in [-0.1, -0.05) is 19.1 Å². The predicted octanol–water partition coefficient (Wildman–Crippen LogP) is 3.66. The van der Waals surface area contributed by atoms with Crippen LogP contribution in [-0.4, -0.2) is 48.1 Å². The Bertz CT molecular complexity index is 1030. The quantitative estimate of drug-likeness (QED) is 0.632. The van der Waals surface area contributed by atoms with Gasteiger partial charge < -0.3 is 24.4 Å². The molecule has 0 bridgehead atoms. The summed E-state index contributed by atoms with van der Waals surface area (Å²) < 4.78 is 17.0. The summed E-state index contributed by atoms with van der Waals surface area (Å²) in [6.45, 7) is 6.33. The Morgan fingerprint density at radius 1 is 1.34 bits per heavy atom. The maximum Gasteiger partial charge on any atom is 0.269 e. The molecule has 2 amide bonds. The summed E-state index contributed by atoms with van der Waals surface area (Å²) in [5.74, 6) is 1.70. The lowest BCUT2D eigenvalue weighted by atomic mass is 10.1. The Kier molecular flexibility index (Phi) is 7.02. The van der Waals surface area contributed by atoms with Crippen molar-refractivity contribution in [2.75, 3.05) is 26.1 Å². The van der Waals surface area contributed by atoms with Gasteiger partial charge in [-0.15, -0.1) is 0 Å². The number of para-hydroxylation sites is 1. The van der Waals surface area contributed by atoms with Crippen molar-refractivity contribution < 1.29 is 23.8 Å². The third-order valence-electron chi connectivity index (χ3n) is 4.95. The fraction of sp³-hybridized carbons (Fsp3) is 0.375. The molecule has 1 aliphatic heterocycles. The number of carbonyl (C=O) groups excluding carboxylic acids is 2. The van der Waals surface area contributed by atoms with E-state index in [2.05, 4.69) is 10.3 Å². The van der Waals surface area contributed by atoms with E-state index in [4.69, 9.17) is 14.2 Å². The summed E-state index contributed by atoms with van der Waals surface area (Å²) in [6.07, 6.45) is 5.58. The average Bonchev–Trinajstić information content (AvgIpc) is 2.76. The minimum absolute atomic E-state index is 0.179. The smallest absolute Gasteiger partial charge is 0.269 e. The molecule has 0 spiro atoms. The van der Waals surface area contributed by atoms with Crippen LogP contribution in [0, 0.1) is 0 Å². The maximum absolute atomic E-state index is 12.7. The van der Waals surface area contributed by atoms with Crippen LogP contribution in [0.15, 0.2) is 36.5 Å². The topological polar surface area (TPSA) is 90.0 Å². The van der Waals surface area contributed by atoms with Crippen LogP contribution >= 0.6 is 0 Å². The zero-order valence-electron chi connectivity index (χ0n) is 19.1. The average molecular weight is 440 g/mol. The Balaban J connectivity index is 1.71. The van der Waals surface area contributed by atoms with E-state index in [0.29, 0.717) is 41.8 Å². The number of nitrogens with one attached hydrogen (secondary N) is 1. The lowest BCUT2D eigenvalue weighted by Gasteiger charge is -2.30. The Morgan fingerprint density at radius 2 is 2.12 bits per heavy atom. The molecule has 32 heavy (non-hydrogen) atoms. The first-order valence-corrected chi connectivity index (χ1v) is 10.5. The molecule has 170 valence electrons. The van der Waals surface area contributed by atoms with Gasteiger partial charge in [0.25, 0.3) is 5.91 Å². The molecule has 1 aromatic heterocycles. The molecule has 0 fully saturated rings. The number of carbonyl (C=O) groups is 2. The van der Waals surface area contributed by atoms with Crippen molar-refractivity contribution in [3.63, 3.8) is 0 Å². The lowest BCUT2D eigenvalue weighted by molar-refractivity contribution is -0.129. The number of nitrogens with zero attached hydrogens (tertiary/aromatic N) is 2.